The van der Waals surface area contributed by atoms with Crippen LogP contribution in [0.1, 0.15) is 41.8 Å². The molecule has 0 aliphatic heterocycles. The molecule has 1 N–H and O–H groups in total. The largest absolute Gasteiger partial charge is 0.493 e. The first-order valence-electron chi connectivity index (χ1n) is 12.3. The van der Waals surface area contributed by atoms with Crippen LogP contribution in [0.25, 0.3) is 10.9 Å². The zero-order valence-electron chi connectivity index (χ0n) is 21.8. The van der Waals surface area contributed by atoms with E-state index in [0.29, 0.717) is 38.6 Å². The number of carbonyl (C=O) groups is 1. The molecule has 0 aliphatic rings. The van der Waals surface area contributed by atoms with Crippen LogP contribution in [0.4, 0.5) is 0 Å². The fourth-order valence-corrected chi connectivity index (χ4v) is 4.38. The van der Waals surface area contributed by atoms with Gasteiger partial charge in [-0.15, -0.1) is 0 Å². The third-order valence-corrected chi connectivity index (χ3v) is 6.93. The Morgan fingerprint density at radius 2 is 1.61 bits per heavy atom. The van der Waals surface area contributed by atoms with Crippen molar-refractivity contribution in [2.24, 2.45) is 0 Å². The molecule has 0 bridgehead atoms. The van der Waals surface area contributed by atoms with Crippen LogP contribution < -0.4 is 26.0 Å². The normalized spacial score (nSPS) is 11.8. The molecule has 1 atom stereocenters. The molecule has 1 unspecified atom stereocenters. The number of carbonyl (C=O) groups excluding carboxylic acids is 1. The second-order valence-corrected chi connectivity index (χ2v) is 9.46. The summed E-state index contributed by atoms with van der Waals surface area (Å²) < 4.78 is 13.5. The summed E-state index contributed by atoms with van der Waals surface area (Å²) >= 11 is 6.40. The molecule has 0 saturated heterocycles. The Balaban J connectivity index is 1.82. The summed E-state index contributed by atoms with van der Waals surface area (Å²) in [4.78, 5) is 39.8. The van der Waals surface area contributed by atoms with E-state index in [0.717, 1.165) is 12.0 Å². The molecule has 4 aromatic rings. The lowest BCUT2D eigenvalue weighted by Crippen LogP contribution is -2.40. The van der Waals surface area contributed by atoms with E-state index in [2.05, 4.69) is 5.32 Å². The van der Waals surface area contributed by atoms with E-state index in [9.17, 15) is 14.4 Å². The molecule has 198 valence electrons. The van der Waals surface area contributed by atoms with Gasteiger partial charge in [-0.2, -0.15) is 0 Å². The van der Waals surface area contributed by atoms with E-state index in [4.69, 9.17) is 21.1 Å². The maximum absolute atomic E-state index is 13.8. The molecule has 1 heterocycles. The monoisotopic (exact) mass is 535 g/mol. The fraction of sp³-hybridized carbons (Fsp3) is 0.276. The fourth-order valence-electron chi connectivity index (χ4n) is 4.19. The number of hydrogen-bond donors (Lipinski definition) is 1. The van der Waals surface area contributed by atoms with Gasteiger partial charge in [0.1, 0.15) is 0 Å². The Kier molecular flexibility index (Phi) is 8.22. The van der Waals surface area contributed by atoms with Gasteiger partial charge in [0.05, 0.1) is 38.2 Å². The number of hydrogen-bond acceptors (Lipinski definition) is 5. The number of nitrogens with zero attached hydrogens (tertiary/aromatic N) is 2. The molecule has 0 spiro atoms. The summed E-state index contributed by atoms with van der Waals surface area (Å²) in [7, 11) is 2.98. The van der Waals surface area contributed by atoms with Crippen LogP contribution in [0, 0.1) is 0 Å². The van der Waals surface area contributed by atoms with E-state index < -0.39 is 11.2 Å². The third-order valence-electron chi connectivity index (χ3n) is 6.56. The molecule has 0 fully saturated rings. The summed E-state index contributed by atoms with van der Waals surface area (Å²) in [5.74, 6) is 0.607. The summed E-state index contributed by atoms with van der Waals surface area (Å²) in [5.41, 5.74) is 1.40. The number of methoxy groups -OCH3 is 2. The van der Waals surface area contributed by atoms with Gasteiger partial charge in [-0.25, -0.2) is 4.79 Å². The van der Waals surface area contributed by atoms with E-state index in [-0.39, 0.29) is 25.0 Å². The van der Waals surface area contributed by atoms with Crippen LogP contribution in [0.2, 0.25) is 5.02 Å². The number of benzene rings is 3. The van der Waals surface area contributed by atoms with Crippen molar-refractivity contribution in [3.8, 4) is 11.5 Å². The summed E-state index contributed by atoms with van der Waals surface area (Å²) in [5, 5.41) is 3.74. The van der Waals surface area contributed by atoms with Crippen LogP contribution in [-0.2, 0) is 13.1 Å². The molecule has 9 heteroatoms. The van der Waals surface area contributed by atoms with E-state index in [1.165, 1.54) is 23.4 Å². The second-order valence-electron chi connectivity index (χ2n) is 9.06. The van der Waals surface area contributed by atoms with Crippen molar-refractivity contribution in [1.82, 2.24) is 14.5 Å². The molecule has 0 saturated carbocycles. The first-order chi connectivity index (χ1) is 18.3. The van der Waals surface area contributed by atoms with Gasteiger partial charge in [-0.1, -0.05) is 48.9 Å². The predicted octanol–water partition coefficient (Wildman–Crippen LogP) is 4.46. The highest BCUT2D eigenvalue weighted by atomic mass is 35.5. The summed E-state index contributed by atoms with van der Waals surface area (Å²) in [6.07, 6.45) is 0.825. The highest BCUT2D eigenvalue weighted by molar-refractivity contribution is 6.31. The number of aromatic nitrogens is 2. The average molecular weight is 536 g/mol. The van der Waals surface area contributed by atoms with Crippen molar-refractivity contribution in [2.75, 3.05) is 14.2 Å². The Hall–Kier alpha value is -4.04. The molecule has 8 nitrogen and oxygen atoms in total. The van der Waals surface area contributed by atoms with Crippen LogP contribution in [0.5, 0.6) is 11.5 Å². The minimum absolute atomic E-state index is 0.0255. The molecule has 3 aromatic carbocycles. The lowest BCUT2D eigenvalue weighted by Gasteiger charge is -2.17. The van der Waals surface area contributed by atoms with Crippen molar-refractivity contribution in [3.63, 3.8) is 0 Å². The first kappa shape index (κ1) is 27.0. The Bertz CT molecular complexity index is 1590. The Morgan fingerprint density at radius 1 is 0.947 bits per heavy atom. The smallest absolute Gasteiger partial charge is 0.332 e. The van der Waals surface area contributed by atoms with Crippen molar-refractivity contribution in [2.45, 2.75) is 39.4 Å². The number of amides is 1. The maximum Gasteiger partial charge on any atom is 0.332 e. The predicted molar refractivity (Wildman–Crippen MR) is 149 cm³/mol. The topological polar surface area (TPSA) is 91.6 Å². The number of fused-ring (bicyclic) bond motifs is 1. The van der Waals surface area contributed by atoms with E-state index in [1.807, 2.05) is 32.0 Å². The van der Waals surface area contributed by atoms with Crippen LogP contribution in [0.3, 0.4) is 0 Å². The van der Waals surface area contributed by atoms with Crippen molar-refractivity contribution in [1.29, 1.82) is 0 Å². The second kappa shape index (κ2) is 11.6. The van der Waals surface area contributed by atoms with Gasteiger partial charge in [-0.3, -0.25) is 18.7 Å². The molecular weight excluding hydrogens is 506 g/mol. The number of nitrogens with one attached hydrogen (secondary N) is 1. The van der Waals surface area contributed by atoms with Crippen LogP contribution >= 0.6 is 11.6 Å². The van der Waals surface area contributed by atoms with Crippen LogP contribution in [-0.4, -0.2) is 35.3 Å². The molecule has 4 rings (SSSR count). The Morgan fingerprint density at radius 3 is 2.24 bits per heavy atom. The van der Waals surface area contributed by atoms with Gasteiger partial charge in [0.2, 0.25) is 0 Å². The number of halogens is 1. The zero-order chi connectivity index (χ0) is 27.4. The highest BCUT2D eigenvalue weighted by Crippen LogP contribution is 2.31. The summed E-state index contributed by atoms with van der Waals surface area (Å²) in [6, 6.07) is 17.4. The highest BCUT2D eigenvalue weighted by Gasteiger charge is 2.18. The molecule has 0 radical (unpaired) electrons. The van der Waals surface area contributed by atoms with Gasteiger partial charge in [-0.05, 0) is 48.7 Å². The van der Waals surface area contributed by atoms with Crippen molar-refractivity contribution >= 4 is 28.4 Å². The minimum atomic E-state index is -0.492. The van der Waals surface area contributed by atoms with Gasteiger partial charge in [0, 0.05) is 22.7 Å². The lowest BCUT2D eigenvalue weighted by atomic mass is 10.1. The standard InChI is InChI=1S/C29H30ClN3O5/c1-5-18(2)31-27(34)20-12-10-19(11-13-20)16-33-28(35)22-14-25(37-3)26(38-4)15-24(22)32(29(33)36)17-21-8-6-7-9-23(21)30/h6-15,18H,5,16-17H2,1-4H3,(H,31,34). The van der Waals surface area contributed by atoms with Crippen molar-refractivity contribution in [3.05, 3.63) is 103 Å². The third kappa shape index (κ3) is 5.45. The SMILES string of the molecule is CCC(C)NC(=O)c1ccc(Cn2c(=O)c3cc(OC)c(OC)cc3n(Cc3ccccc3Cl)c2=O)cc1. The zero-order valence-corrected chi connectivity index (χ0v) is 22.5. The number of rotatable bonds is 9. The quantitative estimate of drug-likeness (QED) is 0.342. The van der Waals surface area contributed by atoms with E-state index in [1.54, 1.807) is 42.5 Å². The lowest BCUT2D eigenvalue weighted by molar-refractivity contribution is 0.0939. The molecule has 1 aromatic heterocycles. The first-order valence-corrected chi connectivity index (χ1v) is 12.7. The van der Waals surface area contributed by atoms with Gasteiger partial charge >= 0.3 is 5.69 Å². The van der Waals surface area contributed by atoms with E-state index >= 15 is 0 Å². The number of ether oxygens (including phenoxy) is 2. The Labute approximate surface area is 225 Å². The van der Waals surface area contributed by atoms with Gasteiger partial charge < -0.3 is 14.8 Å². The minimum Gasteiger partial charge on any atom is -0.493 e. The molecule has 38 heavy (non-hydrogen) atoms. The van der Waals surface area contributed by atoms with Gasteiger partial charge in [0.15, 0.2) is 11.5 Å². The molecule has 1 amide bonds. The van der Waals surface area contributed by atoms with Gasteiger partial charge in [0.25, 0.3) is 11.5 Å². The average Bonchev–Trinajstić information content (AvgIpc) is 2.93. The van der Waals surface area contributed by atoms with Crippen molar-refractivity contribution < 1.29 is 14.3 Å². The molecular formula is C29H30ClN3O5. The molecule has 0 aliphatic carbocycles. The van der Waals surface area contributed by atoms with Crippen LogP contribution in [0.15, 0.2) is 70.3 Å². The summed E-state index contributed by atoms with van der Waals surface area (Å²) in [6.45, 7) is 4.12. The maximum atomic E-state index is 13.8.